The van der Waals surface area contributed by atoms with Gasteiger partial charge in [0.25, 0.3) is 0 Å². The predicted octanol–water partition coefficient (Wildman–Crippen LogP) is 2.70. The second-order valence-electron chi connectivity index (χ2n) is 4.06. The van der Waals surface area contributed by atoms with E-state index in [1.54, 1.807) is 31.2 Å². The average Bonchev–Trinajstić information content (AvgIpc) is 2.47. The van der Waals surface area contributed by atoms with Crippen molar-refractivity contribution in [3.8, 4) is 0 Å². The van der Waals surface area contributed by atoms with E-state index in [1.807, 2.05) is 12.3 Å². The third-order valence-corrected chi connectivity index (χ3v) is 3.14. The van der Waals surface area contributed by atoms with Crippen molar-refractivity contribution in [1.82, 2.24) is 9.97 Å². The van der Waals surface area contributed by atoms with Gasteiger partial charge in [0.1, 0.15) is 11.6 Å². The summed E-state index contributed by atoms with van der Waals surface area (Å²) in [6.07, 6.45) is 1.87. The molecule has 0 amide bonds. The van der Waals surface area contributed by atoms with E-state index >= 15 is 0 Å². The molecule has 0 bridgehead atoms. The van der Waals surface area contributed by atoms with Gasteiger partial charge in [-0.3, -0.25) is 0 Å². The van der Waals surface area contributed by atoms with E-state index in [2.05, 4.69) is 15.3 Å². The van der Waals surface area contributed by atoms with Gasteiger partial charge in [-0.1, -0.05) is 23.9 Å². The van der Waals surface area contributed by atoms with E-state index in [0.717, 1.165) is 0 Å². The van der Waals surface area contributed by atoms with E-state index in [1.165, 1.54) is 11.8 Å². The molecule has 0 unspecified atom stereocenters. The topological polar surface area (TPSA) is 90.1 Å². The number of hydrogen-bond donors (Lipinski definition) is 2. The Balaban J connectivity index is 2.31. The number of anilines is 3. The number of aromatic nitrogens is 2. The van der Waals surface area contributed by atoms with Crippen LogP contribution in [0, 0.1) is 0 Å². The lowest BCUT2D eigenvalue weighted by Gasteiger charge is -2.11. The molecule has 0 atom stereocenters. The Hall–Kier alpha value is -2.28. The van der Waals surface area contributed by atoms with Crippen molar-refractivity contribution in [3.63, 3.8) is 0 Å². The summed E-state index contributed by atoms with van der Waals surface area (Å²) < 4.78 is 5.03. The largest absolute Gasteiger partial charge is 0.462 e. The van der Waals surface area contributed by atoms with Crippen LogP contribution in [0.1, 0.15) is 17.3 Å². The number of hydrogen-bond acceptors (Lipinski definition) is 7. The van der Waals surface area contributed by atoms with Crippen LogP contribution in [0.25, 0.3) is 0 Å². The lowest BCUT2D eigenvalue weighted by atomic mass is 10.2. The molecule has 0 saturated heterocycles. The van der Waals surface area contributed by atoms with Gasteiger partial charge in [-0.05, 0) is 25.3 Å². The van der Waals surface area contributed by atoms with Crippen molar-refractivity contribution in [2.45, 2.75) is 12.1 Å². The van der Waals surface area contributed by atoms with E-state index in [9.17, 15) is 4.79 Å². The molecule has 7 heteroatoms. The van der Waals surface area contributed by atoms with Crippen molar-refractivity contribution in [2.24, 2.45) is 0 Å². The van der Waals surface area contributed by atoms with Crippen molar-refractivity contribution in [1.29, 1.82) is 0 Å². The van der Waals surface area contributed by atoms with Crippen LogP contribution in [0.4, 0.5) is 17.3 Å². The molecule has 21 heavy (non-hydrogen) atoms. The molecule has 0 spiro atoms. The first-order chi connectivity index (χ1) is 10.1. The Bertz CT molecular complexity index is 649. The number of nitrogens with one attached hydrogen (secondary N) is 1. The predicted molar refractivity (Wildman–Crippen MR) is 83.9 cm³/mol. The second kappa shape index (κ2) is 6.94. The number of ether oxygens (including phenoxy) is 1. The maximum atomic E-state index is 11.9. The number of para-hydroxylation sites is 1. The molecule has 0 aliphatic carbocycles. The lowest BCUT2D eigenvalue weighted by Crippen LogP contribution is -2.08. The van der Waals surface area contributed by atoms with Crippen LogP contribution in [0.5, 0.6) is 0 Å². The summed E-state index contributed by atoms with van der Waals surface area (Å²) in [6, 6.07) is 8.69. The molecule has 2 rings (SSSR count). The third-order valence-electron chi connectivity index (χ3n) is 2.59. The van der Waals surface area contributed by atoms with Gasteiger partial charge in [-0.25, -0.2) is 14.8 Å². The number of esters is 1. The smallest absolute Gasteiger partial charge is 0.340 e. The molecular weight excluding hydrogens is 288 g/mol. The average molecular weight is 304 g/mol. The zero-order valence-corrected chi connectivity index (χ0v) is 12.6. The minimum atomic E-state index is -0.382. The molecule has 110 valence electrons. The van der Waals surface area contributed by atoms with Crippen LogP contribution >= 0.6 is 11.8 Å². The Kier molecular flexibility index (Phi) is 4.99. The Morgan fingerprint density at radius 3 is 2.86 bits per heavy atom. The Labute approximate surface area is 127 Å². The van der Waals surface area contributed by atoms with Crippen molar-refractivity contribution >= 4 is 35.1 Å². The number of nitrogen functional groups attached to an aromatic ring is 1. The first kappa shape index (κ1) is 15.1. The summed E-state index contributed by atoms with van der Waals surface area (Å²) in [7, 11) is 0. The van der Waals surface area contributed by atoms with E-state index in [0.29, 0.717) is 34.6 Å². The monoisotopic (exact) mass is 304 g/mol. The van der Waals surface area contributed by atoms with Gasteiger partial charge in [0, 0.05) is 6.07 Å². The van der Waals surface area contributed by atoms with Crippen LogP contribution in [-0.4, -0.2) is 28.8 Å². The zero-order valence-electron chi connectivity index (χ0n) is 11.8. The molecule has 0 aliphatic rings. The lowest BCUT2D eigenvalue weighted by molar-refractivity contribution is 0.0527. The highest BCUT2D eigenvalue weighted by Crippen LogP contribution is 2.23. The van der Waals surface area contributed by atoms with Crippen LogP contribution in [0.2, 0.25) is 0 Å². The minimum absolute atomic E-state index is 0.324. The van der Waals surface area contributed by atoms with Crippen molar-refractivity contribution in [2.75, 3.05) is 23.9 Å². The number of carbonyl (C=O) groups is 1. The molecular formula is C14H16N4O2S. The van der Waals surface area contributed by atoms with Crippen molar-refractivity contribution < 1.29 is 9.53 Å². The quantitative estimate of drug-likeness (QED) is 0.498. The fraction of sp³-hybridized carbons (Fsp3) is 0.214. The molecule has 6 nitrogen and oxygen atoms in total. The molecule has 0 saturated carbocycles. The SMILES string of the molecule is CCOC(=O)c1ccccc1Nc1cc(N)nc(SC)n1. The number of nitrogens with two attached hydrogens (primary N) is 1. The molecule has 1 heterocycles. The maximum absolute atomic E-state index is 11.9. The highest BCUT2D eigenvalue weighted by Gasteiger charge is 2.12. The van der Waals surface area contributed by atoms with E-state index in [4.69, 9.17) is 10.5 Å². The van der Waals surface area contributed by atoms with Gasteiger partial charge in [0.15, 0.2) is 5.16 Å². The first-order valence-corrected chi connectivity index (χ1v) is 7.58. The second-order valence-corrected chi connectivity index (χ2v) is 4.83. The summed E-state index contributed by atoms with van der Waals surface area (Å²) >= 11 is 1.39. The Morgan fingerprint density at radius 2 is 2.14 bits per heavy atom. The summed E-state index contributed by atoms with van der Waals surface area (Å²) in [5.41, 5.74) is 6.80. The molecule has 0 fully saturated rings. The summed E-state index contributed by atoms with van der Waals surface area (Å²) in [4.78, 5) is 20.3. The van der Waals surface area contributed by atoms with Crippen molar-refractivity contribution in [3.05, 3.63) is 35.9 Å². The highest BCUT2D eigenvalue weighted by molar-refractivity contribution is 7.98. The standard InChI is InChI=1S/C14H16N4O2S/c1-3-20-13(19)9-6-4-5-7-10(9)16-12-8-11(15)17-14(18-12)21-2/h4-8H,3H2,1-2H3,(H3,15,16,17,18). The Morgan fingerprint density at radius 1 is 1.38 bits per heavy atom. The normalized spacial score (nSPS) is 10.2. The molecule has 0 aliphatic heterocycles. The summed E-state index contributed by atoms with van der Waals surface area (Å²) in [5.74, 6) is 0.516. The first-order valence-electron chi connectivity index (χ1n) is 6.35. The van der Waals surface area contributed by atoms with Crippen LogP contribution in [0.15, 0.2) is 35.5 Å². The van der Waals surface area contributed by atoms with Gasteiger partial charge >= 0.3 is 5.97 Å². The number of rotatable bonds is 5. The van der Waals surface area contributed by atoms with E-state index < -0.39 is 0 Å². The molecule has 1 aromatic carbocycles. The summed E-state index contributed by atoms with van der Waals surface area (Å²) in [6.45, 7) is 2.09. The fourth-order valence-corrected chi connectivity index (χ4v) is 2.10. The van der Waals surface area contributed by atoms with Gasteiger partial charge in [-0.2, -0.15) is 0 Å². The number of nitrogens with zero attached hydrogens (tertiary/aromatic N) is 2. The van der Waals surface area contributed by atoms with Gasteiger partial charge in [0.2, 0.25) is 0 Å². The number of benzene rings is 1. The molecule has 3 N–H and O–H groups in total. The van der Waals surface area contributed by atoms with Crippen LogP contribution in [0.3, 0.4) is 0 Å². The number of thioether (sulfide) groups is 1. The fourth-order valence-electron chi connectivity index (χ4n) is 1.72. The number of carbonyl (C=O) groups excluding carboxylic acids is 1. The maximum Gasteiger partial charge on any atom is 0.340 e. The van der Waals surface area contributed by atoms with Crippen LogP contribution in [-0.2, 0) is 4.74 Å². The van der Waals surface area contributed by atoms with Crippen LogP contribution < -0.4 is 11.1 Å². The third kappa shape index (κ3) is 3.85. The van der Waals surface area contributed by atoms with E-state index in [-0.39, 0.29) is 5.97 Å². The molecule has 2 aromatic rings. The minimum Gasteiger partial charge on any atom is -0.462 e. The highest BCUT2D eigenvalue weighted by atomic mass is 32.2. The van der Waals surface area contributed by atoms with Gasteiger partial charge in [0.05, 0.1) is 17.9 Å². The molecule has 0 radical (unpaired) electrons. The zero-order chi connectivity index (χ0) is 15.2. The van der Waals surface area contributed by atoms with Gasteiger partial charge in [-0.15, -0.1) is 0 Å². The molecule has 1 aromatic heterocycles. The summed E-state index contributed by atoms with van der Waals surface area (Å²) in [5, 5.41) is 3.64. The van der Waals surface area contributed by atoms with Gasteiger partial charge < -0.3 is 15.8 Å².